The largest absolute Gasteiger partial charge is 0.354 e. The minimum Gasteiger partial charge on any atom is -0.354 e. The average Bonchev–Trinajstić information content (AvgIpc) is 3.22. The lowest BCUT2D eigenvalue weighted by Crippen LogP contribution is -2.39. The Kier molecular flexibility index (Phi) is 5.09. The average molecular weight is 304 g/mol. The van der Waals surface area contributed by atoms with E-state index in [1.807, 2.05) is 0 Å². The number of likely N-dealkylation sites (tertiary alicyclic amines) is 1. The maximum atomic E-state index is 12.3. The van der Waals surface area contributed by atoms with Gasteiger partial charge in [0.25, 0.3) is 0 Å². The fourth-order valence-electron chi connectivity index (χ4n) is 3.32. The predicted octanol–water partition coefficient (Wildman–Crippen LogP) is 3.36. The van der Waals surface area contributed by atoms with E-state index >= 15 is 0 Å². The number of amides is 1. The summed E-state index contributed by atoms with van der Waals surface area (Å²) in [6, 6.07) is 4.66. The first-order valence-corrected chi connectivity index (χ1v) is 8.93. The van der Waals surface area contributed by atoms with Crippen molar-refractivity contribution < 1.29 is 4.79 Å². The Labute approximate surface area is 131 Å². The van der Waals surface area contributed by atoms with Crippen LogP contribution in [0.25, 0.3) is 0 Å². The minimum atomic E-state index is 0.178. The number of thiophene rings is 1. The van der Waals surface area contributed by atoms with Crippen LogP contribution in [0.1, 0.15) is 43.0 Å². The third-order valence-electron chi connectivity index (χ3n) is 4.56. The fraction of sp³-hybridized carbons (Fsp3) is 0.588. The maximum Gasteiger partial charge on any atom is 0.223 e. The summed E-state index contributed by atoms with van der Waals surface area (Å²) in [5.41, 5.74) is 0. The molecule has 0 saturated carbocycles. The smallest absolute Gasteiger partial charge is 0.223 e. The number of hydrogen-bond donors (Lipinski definition) is 1. The molecule has 3 nitrogen and oxygen atoms in total. The first kappa shape index (κ1) is 14.8. The maximum absolute atomic E-state index is 12.3. The molecule has 1 aromatic heterocycles. The molecule has 0 radical (unpaired) electrons. The molecule has 2 heterocycles. The van der Waals surface area contributed by atoms with E-state index < -0.39 is 0 Å². The third kappa shape index (κ3) is 3.74. The number of carbonyl (C=O) groups is 1. The summed E-state index contributed by atoms with van der Waals surface area (Å²) in [4.78, 5) is 16.2. The van der Waals surface area contributed by atoms with Crippen molar-refractivity contribution in [2.45, 2.75) is 38.1 Å². The van der Waals surface area contributed by atoms with Crippen LogP contribution in [0.3, 0.4) is 0 Å². The highest BCUT2D eigenvalue weighted by molar-refractivity contribution is 7.10. The minimum absolute atomic E-state index is 0.178. The Balaban J connectivity index is 1.59. The summed E-state index contributed by atoms with van der Waals surface area (Å²) < 4.78 is 0. The zero-order valence-corrected chi connectivity index (χ0v) is 13.3. The number of hydrogen-bond acceptors (Lipinski definition) is 3. The zero-order chi connectivity index (χ0) is 14.5. The van der Waals surface area contributed by atoms with E-state index in [0.717, 1.165) is 38.9 Å². The SMILES string of the molecule is O=C(NCC(c1cccs1)N1CCCC1)C1CC=CCC1. The van der Waals surface area contributed by atoms with Crippen molar-refractivity contribution in [3.05, 3.63) is 34.5 Å². The molecule has 3 rings (SSSR count). The van der Waals surface area contributed by atoms with E-state index in [4.69, 9.17) is 0 Å². The lowest BCUT2D eigenvalue weighted by atomic mass is 9.93. The Bertz CT molecular complexity index is 477. The molecule has 2 aliphatic rings. The van der Waals surface area contributed by atoms with E-state index in [1.54, 1.807) is 11.3 Å². The van der Waals surface area contributed by atoms with Crippen LogP contribution >= 0.6 is 11.3 Å². The van der Waals surface area contributed by atoms with Gasteiger partial charge in [-0.05, 0) is 56.6 Å². The number of allylic oxidation sites excluding steroid dienone is 2. The Morgan fingerprint density at radius 2 is 2.24 bits per heavy atom. The molecular weight excluding hydrogens is 280 g/mol. The highest BCUT2D eigenvalue weighted by atomic mass is 32.1. The molecule has 1 aliphatic carbocycles. The first-order chi connectivity index (χ1) is 10.3. The molecule has 1 aliphatic heterocycles. The van der Waals surface area contributed by atoms with Gasteiger partial charge in [0.15, 0.2) is 0 Å². The molecule has 1 N–H and O–H groups in total. The summed E-state index contributed by atoms with van der Waals surface area (Å²) in [5, 5.41) is 5.34. The van der Waals surface area contributed by atoms with Crippen LogP contribution in [-0.2, 0) is 4.79 Å². The number of nitrogens with zero attached hydrogens (tertiary/aromatic N) is 1. The van der Waals surface area contributed by atoms with Gasteiger partial charge in [0, 0.05) is 17.3 Å². The van der Waals surface area contributed by atoms with E-state index in [-0.39, 0.29) is 11.8 Å². The van der Waals surface area contributed by atoms with Gasteiger partial charge < -0.3 is 5.32 Å². The molecule has 2 atom stereocenters. The van der Waals surface area contributed by atoms with E-state index in [9.17, 15) is 4.79 Å². The van der Waals surface area contributed by atoms with Crippen molar-refractivity contribution in [2.75, 3.05) is 19.6 Å². The molecule has 1 saturated heterocycles. The molecule has 0 bridgehead atoms. The quantitative estimate of drug-likeness (QED) is 0.846. The normalized spacial score (nSPS) is 24.1. The molecule has 1 fully saturated rings. The summed E-state index contributed by atoms with van der Waals surface area (Å²) in [6.07, 6.45) is 9.83. The van der Waals surface area contributed by atoms with Crippen molar-refractivity contribution in [2.24, 2.45) is 5.92 Å². The standard InChI is InChI=1S/C17H24N2OS/c20-17(14-7-2-1-3-8-14)18-13-15(16-9-6-12-21-16)19-10-4-5-11-19/h1-2,6,9,12,14-15H,3-5,7-8,10-11,13H2,(H,18,20). The lowest BCUT2D eigenvalue weighted by Gasteiger charge is -2.28. The summed E-state index contributed by atoms with van der Waals surface area (Å²) in [7, 11) is 0. The Morgan fingerprint density at radius 1 is 1.38 bits per heavy atom. The highest BCUT2D eigenvalue weighted by Gasteiger charge is 2.26. The van der Waals surface area contributed by atoms with Crippen molar-refractivity contribution in [1.29, 1.82) is 0 Å². The molecule has 0 aromatic carbocycles. The van der Waals surface area contributed by atoms with Crippen molar-refractivity contribution in [1.82, 2.24) is 10.2 Å². The van der Waals surface area contributed by atoms with Crippen molar-refractivity contribution in [3.8, 4) is 0 Å². The monoisotopic (exact) mass is 304 g/mol. The van der Waals surface area contributed by atoms with Gasteiger partial charge in [0.05, 0.1) is 6.04 Å². The van der Waals surface area contributed by atoms with Gasteiger partial charge in [-0.15, -0.1) is 11.3 Å². The molecule has 1 aromatic rings. The van der Waals surface area contributed by atoms with Crippen LogP contribution in [0.15, 0.2) is 29.7 Å². The van der Waals surface area contributed by atoms with Crippen LogP contribution in [0.4, 0.5) is 0 Å². The van der Waals surface area contributed by atoms with Gasteiger partial charge in [-0.2, -0.15) is 0 Å². The van der Waals surface area contributed by atoms with Crippen LogP contribution in [0.2, 0.25) is 0 Å². The van der Waals surface area contributed by atoms with E-state index in [1.165, 1.54) is 17.7 Å². The van der Waals surface area contributed by atoms with Crippen molar-refractivity contribution in [3.63, 3.8) is 0 Å². The van der Waals surface area contributed by atoms with Gasteiger partial charge >= 0.3 is 0 Å². The van der Waals surface area contributed by atoms with Gasteiger partial charge in [-0.25, -0.2) is 0 Å². The van der Waals surface area contributed by atoms with Crippen LogP contribution in [-0.4, -0.2) is 30.4 Å². The summed E-state index contributed by atoms with van der Waals surface area (Å²) >= 11 is 1.80. The van der Waals surface area contributed by atoms with Crippen LogP contribution < -0.4 is 5.32 Å². The molecule has 4 heteroatoms. The zero-order valence-electron chi connectivity index (χ0n) is 12.5. The second kappa shape index (κ2) is 7.23. The third-order valence-corrected chi connectivity index (χ3v) is 5.54. The molecule has 2 unspecified atom stereocenters. The predicted molar refractivity (Wildman–Crippen MR) is 87.4 cm³/mol. The second-order valence-electron chi connectivity index (χ2n) is 6.00. The van der Waals surface area contributed by atoms with Crippen LogP contribution in [0.5, 0.6) is 0 Å². The molecule has 21 heavy (non-hydrogen) atoms. The molecule has 0 spiro atoms. The van der Waals surface area contributed by atoms with E-state index in [0.29, 0.717) is 6.04 Å². The molecular formula is C17H24N2OS. The Hall–Kier alpha value is -1.13. The van der Waals surface area contributed by atoms with E-state index in [2.05, 4.69) is 39.9 Å². The van der Waals surface area contributed by atoms with Gasteiger partial charge in [0.2, 0.25) is 5.91 Å². The second-order valence-corrected chi connectivity index (χ2v) is 6.98. The number of rotatable bonds is 5. The fourth-order valence-corrected chi connectivity index (χ4v) is 4.18. The topological polar surface area (TPSA) is 32.3 Å². The Morgan fingerprint density at radius 3 is 2.90 bits per heavy atom. The highest BCUT2D eigenvalue weighted by Crippen LogP contribution is 2.28. The summed E-state index contributed by atoms with van der Waals surface area (Å²) in [5.74, 6) is 0.415. The van der Waals surface area contributed by atoms with Crippen LogP contribution in [0, 0.1) is 5.92 Å². The molecule has 1 amide bonds. The number of nitrogens with one attached hydrogen (secondary N) is 1. The summed E-state index contributed by atoms with van der Waals surface area (Å²) in [6.45, 7) is 3.06. The lowest BCUT2D eigenvalue weighted by molar-refractivity contribution is -0.125. The van der Waals surface area contributed by atoms with Gasteiger partial charge in [0.1, 0.15) is 0 Å². The number of carbonyl (C=O) groups excluding carboxylic acids is 1. The van der Waals surface area contributed by atoms with Gasteiger partial charge in [-0.3, -0.25) is 9.69 Å². The first-order valence-electron chi connectivity index (χ1n) is 8.05. The van der Waals surface area contributed by atoms with Crippen molar-refractivity contribution >= 4 is 17.2 Å². The van der Waals surface area contributed by atoms with Gasteiger partial charge in [-0.1, -0.05) is 18.2 Å². The molecule has 114 valence electrons.